The molecule has 3 N–H and O–H groups in total. The number of nitrogens with one attached hydrogen (secondary N) is 3. The summed E-state index contributed by atoms with van der Waals surface area (Å²) in [6, 6.07) is 9.54. The van der Waals surface area contributed by atoms with Crippen LogP contribution >= 0.6 is 0 Å². The molecule has 0 bridgehead atoms. The maximum atomic E-state index is 12.4. The molecule has 3 atom stereocenters. The van der Waals surface area contributed by atoms with E-state index in [-0.39, 0.29) is 18.2 Å². The maximum absolute atomic E-state index is 12.4. The molecule has 8 heteroatoms. The second-order valence-corrected chi connectivity index (χ2v) is 8.69. The van der Waals surface area contributed by atoms with Gasteiger partial charge in [0.05, 0.1) is 31.9 Å². The monoisotopic (exact) mass is 434 g/mol. The molecule has 1 saturated heterocycles. The van der Waals surface area contributed by atoms with Crippen molar-refractivity contribution in [3.63, 3.8) is 0 Å². The number of amides is 1. The molecule has 0 radical (unpaired) electrons. The highest BCUT2D eigenvalue weighted by Crippen LogP contribution is 2.15. The van der Waals surface area contributed by atoms with Crippen LogP contribution in [0.5, 0.6) is 0 Å². The Morgan fingerprint density at radius 1 is 1.26 bits per heavy atom. The van der Waals surface area contributed by atoms with Crippen LogP contribution in [-0.4, -0.2) is 62.7 Å². The van der Waals surface area contributed by atoms with E-state index in [1.807, 2.05) is 58.0 Å². The van der Waals surface area contributed by atoms with Gasteiger partial charge < -0.3 is 30.2 Å². The first-order valence-corrected chi connectivity index (χ1v) is 11.1. The number of hydrogen-bond donors (Lipinski definition) is 3. The Labute approximate surface area is 186 Å². The largest absolute Gasteiger partial charge is 0.444 e. The van der Waals surface area contributed by atoms with E-state index < -0.39 is 11.7 Å². The number of alkyl carbamates (subject to hydrolysis) is 1. The van der Waals surface area contributed by atoms with Crippen molar-refractivity contribution in [2.24, 2.45) is 4.99 Å². The van der Waals surface area contributed by atoms with E-state index in [2.05, 4.69) is 22.9 Å². The Morgan fingerprint density at radius 2 is 2.00 bits per heavy atom. The first-order valence-electron chi connectivity index (χ1n) is 11.1. The zero-order valence-electron chi connectivity index (χ0n) is 19.4. The predicted molar refractivity (Wildman–Crippen MR) is 122 cm³/mol. The van der Waals surface area contributed by atoms with Crippen molar-refractivity contribution < 1.29 is 19.0 Å². The molecule has 174 valence electrons. The highest BCUT2D eigenvalue weighted by atomic mass is 16.6. The third-order valence-corrected chi connectivity index (χ3v) is 4.52. The third kappa shape index (κ3) is 10.0. The molecular weight excluding hydrogens is 396 g/mol. The summed E-state index contributed by atoms with van der Waals surface area (Å²) in [5, 5.41) is 9.56. The fraction of sp³-hybridized carbons (Fsp3) is 0.652. The van der Waals surface area contributed by atoms with Gasteiger partial charge in [0, 0.05) is 19.2 Å². The quantitative estimate of drug-likeness (QED) is 0.409. The molecule has 1 aromatic carbocycles. The number of aliphatic imine (C=N–C) groups is 1. The van der Waals surface area contributed by atoms with Gasteiger partial charge >= 0.3 is 6.09 Å². The Morgan fingerprint density at radius 3 is 2.61 bits per heavy atom. The predicted octanol–water partition coefficient (Wildman–Crippen LogP) is 3.00. The average Bonchev–Trinajstić information content (AvgIpc) is 3.22. The number of benzene rings is 1. The van der Waals surface area contributed by atoms with Crippen molar-refractivity contribution in [1.29, 1.82) is 0 Å². The minimum Gasteiger partial charge on any atom is -0.444 e. The SMILES string of the molecule is CCNC(=NCC(NC(=O)OC(C)(C)C)c1ccccc1)NC(C)COC1CCOC1. The van der Waals surface area contributed by atoms with Gasteiger partial charge in [-0.1, -0.05) is 30.3 Å². The van der Waals surface area contributed by atoms with Crippen molar-refractivity contribution in [2.75, 3.05) is 32.9 Å². The minimum atomic E-state index is -0.565. The van der Waals surface area contributed by atoms with E-state index in [1.165, 1.54) is 0 Å². The Kier molecular flexibility index (Phi) is 10.1. The van der Waals surface area contributed by atoms with Crippen molar-refractivity contribution in [2.45, 2.75) is 64.8 Å². The topological polar surface area (TPSA) is 93.2 Å². The summed E-state index contributed by atoms with van der Waals surface area (Å²) in [6.07, 6.45) is 0.648. The number of hydrogen-bond acceptors (Lipinski definition) is 5. The molecular formula is C23H38N4O4. The summed E-state index contributed by atoms with van der Waals surface area (Å²) in [5.41, 5.74) is 0.399. The molecule has 1 amide bonds. The van der Waals surface area contributed by atoms with Crippen LogP contribution in [0.15, 0.2) is 35.3 Å². The molecule has 1 heterocycles. The number of guanidine groups is 1. The third-order valence-electron chi connectivity index (χ3n) is 4.52. The van der Waals surface area contributed by atoms with Gasteiger partial charge in [0.25, 0.3) is 0 Å². The summed E-state index contributed by atoms with van der Waals surface area (Å²) >= 11 is 0. The lowest BCUT2D eigenvalue weighted by Crippen LogP contribution is -2.45. The lowest BCUT2D eigenvalue weighted by molar-refractivity contribution is 0.0347. The van der Waals surface area contributed by atoms with Crippen LogP contribution in [0.25, 0.3) is 0 Å². The number of carbonyl (C=O) groups is 1. The summed E-state index contributed by atoms with van der Waals surface area (Å²) in [4.78, 5) is 17.1. The van der Waals surface area contributed by atoms with E-state index in [4.69, 9.17) is 19.2 Å². The van der Waals surface area contributed by atoms with E-state index in [0.29, 0.717) is 25.7 Å². The van der Waals surface area contributed by atoms with Crippen molar-refractivity contribution in [1.82, 2.24) is 16.0 Å². The highest BCUT2D eigenvalue weighted by molar-refractivity contribution is 5.80. The summed E-state index contributed by atoms with van der Waals surface area (Å²) < 4.78 is 16.7. The first kappa shape index (κ1) is 24.9. The van der Waals surface area contributed by atoms with Gasteiger partial charge in [0.2, 0.25) is 0 Å². The van der Waals surface area contributed by atoms with Crippen molar-refractivity contribution >= 4 is 12.1 Å². The molecule has 1 aliphatic heterocycles. The zero-order valence-corrected chi connectivity index (χ0v) is 19.4. The fourth-order valence-electron chi connectivity index (χ4n) is 3.07. The Balaban J connectivity index is 2.00. The summed E-state index contributed by atoms with van der Waals surface area (Å²) in [6.45, 7) is 12.7. The van der Waals surface area contributed by atoms with Crippen LogP contribution in [0.4, 0.5) is 4.79 Å². The van der Waals surface area contributed by atoms with Gasteiger partial charge in [-0.05, 0) is 46.6 Å². The van der Waals surface area contributed by atoms with Crippen molar-refractivity contribution in [3.8, 4) is 0 Å². The first-order chi connectivity index (χ1) is 14.8. The molecule has 0 aromatic heterocycles. The molecule has 8 nitrogen and oxygen atoms in total. The van der Waals surface area contributed by atoms with E-state index in [1.54, 1.807) is 0 Å². The van der Waals surface area contributed by atoms with Crippen LogP contribution in [0.2, 0.25) is 0 Å². The second-order valence-electron chi connectivity index (χ2n) is 8.69. The molecule has 0 spiro atoms. The maximum Gasteiger partial charge on any atom is 0.408 e. The Bertz CT molecular complexity index is 685. The second kappa shape index (κ2) is 12.5. The van der Waals surface area contributed by atoms with E-state index in [9.17, 15) is 4.79 Å². The van der Waals surface area contributed by atoms with Gasteiger partial charge in [0.1, 0.15) is 5.60 Å². The van der Waals surface area contributed by atoms with Crippen LogP contribution in [0.1, 0.15) is 52.6 Å². The summed E-state index contributed by atoms with van der Waals surface area (Å²) in [5.74, 6) is 0.674. The number of ether oxygens (including phenoxy) is 3. The standard InChI is InChI=1S/C23H38N4O4/c1-6-24-21(26-17(2)15-30-19-12-13-29-16-19)25-14-20(18-10-8-7-9-11-18)27-22(28)31-23(3,4)5/h7-11,17,19-20H,6,12-16H2,1-5H3,(H,27,28)(H2,24,25,26). The lowest BCUT2D eigenvalue weighted by atomic mass is 10.1. The smallest absolute Gasteiger partial charge is 0.408 e. The van der Waals surface area contributed by atoms with Gasteiger partial charge in [-0.25, -0.2) is 4.79 Å². The number of rotatable bonds is 9. The molecule has 3 unspecified atom stereocenters. The van der Waals surface area contributed by atoms with Crippen molar-refractivity contribution in [3.05, 3.63) is 35.9 Å². The Hall–Kier alpha value is -2.32. The normalized spacial score (nSPS) is 18.9. The van der Waals surface area contributed by atoms with Gasteiger partial charge in [-0.3, -0.25) is 4.99 Å². The van der Waals surface area contributed by atoms with Gasteiger partial charge in [0.15, 0.2) is 5.96 Å². The van der Waals surface area contributed by atoms with Crippen LogP contribution in [0, 0.1) is 0 Å². The molecule has 2 rings (SSSR count). The zero-order chi connectivity index (χ0) is 22.7. The van der Waals surface area contributed by atoms with Crippen LogP contribution in [-0.2, 0) is 14.2 Å². The summed E-state index contributed by atoms with van der Waals surface area (Å²) in [7, 11) is 0. The number of carbonyl (C=O) groups excluding carboxylic acids is 1. The molecule has 1 fully saturated rings. The lowest BCUT2D eigenvalue weighted by Gasteiger charge is -2.24. The van der Waals surface area contributed by atoms with Gasteiger partial charge in [-0.15, -0.1) is 0 Å². The highest BCUT2D eigenvalue weighted by Gasteiger charge is 2.21. The number of nitrogens with zero attached hydrogens (tertiary/aromatic N) is 1. The minimum absolute atomic E-state index is 0.0763. The molecule has 1 aliphatic rings. The molecule has 0 saturated carbocycles. The fourth-order valence-corrected chi connectivity index (χ4v) is 3.07. The van der Waals surface area contributed by atoms with Gasteiger partial charge in [-0.2, -0.15) is 0 Å². The molecule has 31 heavy (non-hydrogen) atoms. The average molecular weight is 435 g/mol. The molecule has 0 aliphatic carbocycles. The van der Waals surface area contributed by atoms with E-state index >= 15 is 0 Å². The molecule has 1 aromatic rings. The van der Waals surface area contributed by atoms with Crippen LogP contribution in [0.3, 0.4) is 0 Å². The van der Waals surface area contributed by atoms with E-state index in [0.717, 1.165) is 25.1 Å². The van der Waals surface area contributed by atoms with Crippen LogP contribution < -0.4 is 16.0 Å².